The minimum atomic E-state index is 0.0538. The lowest BCUT2D eigenvalue weighted by Gasteiger charge is -2.29. The number of Topliss-reactive ketones (excluding diaryl/α,β-unsaturated/α-hetero) is 1. The zero-order chi connectivity index (χ0) is 13.1. The lowest BCUT2D eigenvalue weighted by molar-refractivity contribution is 0.0844. The molecule has 0 spiro atoms. The van der Waals surface area contributed by atoms with Crippen LogP contribution in [0.25, 0.3) is 0 Å². The summed E-state index contributed by atoms with van der Waals surface area (Å²) in [5, 5.41) is 0. The minimum absolute atomic E-state index is 0.0538. The highest BCUT2D eigenvalue weighted by molar-refractivity contribution is 6.02. The molecule has 1 fully saturated rings. The molecule has 0 aliphatic carbocycles. The van der Waals surface area contributed by atoms with Crippen molar-refractivity contribution in [1.29, 1.82) is 0 Å². The molecule has 0 amide bonds. The first-order chi connectivity index (χ1) is 8.61. The van der Waals surface area contributed by atoms with Crippen molar-refractivity contribution in [3.05, 3.63) is 23.8 Å². The highest BCUT2D eigenvalue weighted by Crippen LogP contribution is 2.26. The zero-order valence-electron chi connectivity index (χ0n) is 11.0. The van der Waals surface area contributed by atoms with Crippen LogP contribution in [-0.4, -0.2) is 37.9 Å². The third-order valence-electron chi connectivity index (χ3n) is 3.52. The summed E-state index contributed by atoms with van der Waals surface area (Å²) in [5.41, 5.74) is 7.02. The average molecular weight is 248 g/mol. The topological polar surface area (TPSA) is 55.6 Å². The Morgan fingerprint density at radius 3 is 2.94 bits per heavy atom. The second-order valence-electron chi connectivity index (χ2n) is 4.92. The summed E-state index contributed by atoms with van der Waals surface area (Å²) in [6.07, 6.45) is 2.01. The molecule has 1 aliphatic heterocycles. The lowest BCUT2D eigenvalue weighted by atomic mass is 9.89. The Morgan fingerprint density at radius 2 is 2.28 bits per heavy atom. The van der Waals surface area contributed by atoms with Crippen molar-refractivity contribution in [2.24, 2.45) is 5.92 Å². The fraction of sp³-hybridized carbons (Fsp3) is 0.500. The van der Waals surface area contributed by atoms with Crippen molar-refractivity contribution in [1.82, 2.24) is 4.90 Å². The molecule has 0 radical (unpaired) electrons. The maximum absolute atomic E-state index is 12.5. The van der Waals surface area contributed by atoms with Gasteiger partial charge in [0, 0.05) is 23.7 Å². The molecule has 98 valence electrons. The Balaban J connectivity index is 2.22. The number of methoxy groups -OCH3 is 1. The zero-order valence-corrected chi connectivity index (χ0v) is 11.0. The number of hydrogen-bond donors (Lipinski definition) is 1. The molecule has 1 aliphatic rings. The van der Waals surface area contributed by atoms with Crippen LogP contribution in [-0.2, 0) is 0 Å². The van der Waals surface area contributed by atoms with E-state index in [1.807, 2.05) is 7.05 Å². The van der Waals surface area contributed by atoms with Gasteiger partial charge in [-0.25, -0.2) is 0 Å². The van der Waals surface area contributed by atoms with Gasteiger partial charge in [-0.3, -0.25) is 4.79 Å². The number of nitrogens with two attached hydrogens (primary N) is 1. The van der Waals surface area contributed by atoms with Crippen molar-refractivity contribution >= 4 is 11.5 Å². The van der Waals surface area contributed by atoms with E-state index in [-0.39, 0.29) is 11.7 Å². The molecule has 1 unspecified atom stereocenters. The van der Waals surface area contributed by atoms with Crippen LogP contribution >= 0.6 is 0 Å². The third kappa shape index (κ3) is 2.64. The SMILES string of the molecule is COc1ccc(N)c(C(=O)C2CCCN(C)C2)c1. The van der Waals surface area contributed by atoms with Gasteiger partial charge < -0.3 is 15.4 Å². The highest BCUT2D eigenvalue weighted by Gasteiger charge is 2.26. The fourth-order valence-corrected chi connectivity index (χ4v) is 2.48. The molecule has 18 heavy (non-hydrogen) atoms. The first-order valence-electron chi connectivity index (χ1n) is 6.28. The van der Waals surface area contributed by atoms with E-state index in [1.165, 1.54) is 0 Å². The second kappa shape index (κ2) is 5.40. The Kier molecular flexibility index (Phi) is 3.87. The number of nitrogens with zero attached hydrogens (tertiary/aromatic N) is 1. The summed E-state index contributed by atoms with van der Waals surface area (Å²) in [7, 11) is 3.64. The molecule has 1 atom stereocenters. The Labute approximate surface area is 108 Å². The van der Waals surface area contributed by atoms with Gasteiger partial charge >= 0.3 is 0 Å². The van der Waals surface area contributed by atoms with Crippen molar-refractivity contribution < 1.29 is 9.53 Å². The number of ketones is 1. The predicted octanol–water partition coefficient (Wildman–Crippen LogP) is 1.80. The Bertz CT molecular complexity index is 445. The molecular weight excluding hydrogens is 228 g/mol. The van der Waals surface area contributed by atoms with Crippen molar-refractivity contribution in [2.45, 2.75) is 12.8 Å². The Hall–Kier alpha value is -1.55. The molecule has 4 heteroatoms. The van der Waals surface area contributed by atoms with E-state index in [0.717, 1.165) is 25.9 Å². The number of likely N-dealkylation sites (tertiary alicyclic amines) is 1. The van der Waals surface area contributed by atoms with Crippen LogP contribution in [0.1, 0.15) is 23.2 Å². The van der Waals surface area contributed by atoms with Gasteiger partial charge in [-0.2, -0.15) is 0 Å². The average Bonchev–Trinajstić information content (AvgIpc) is 2.38. The normalized spacial score (nSPS) is 20.7. The number of carbonyl (C=O) groups excluding carboxylic acids is 1. The lowest BCUT2D eigenvalue weighted by Crippen LogP contribution is -2.36. The smallest absolute Gasteiger partial charge is 0.169 e. The van der Waals surface area contributed by atoms with Gasteiger partial charge in [0.25, 0.3) is 0 Å². The summed E-state index contributed by atoms with van der Waals surface area (Å²) >= 11 is 0. The first-order valence-corrected chi connectivity index (χ1v) is 6.28. The molecular formula is C14H20N2O2. The van der Waals surface area contributed by atoms with E-state index in [9.17, 15) is 4.79 Å². The molecule has 1 heterocycles. The Morgan fingerprint density at radius 1 is 1.50 bits per heavy atom. The predicted molar refractivity (Wildman–Crippen MR) is 72.0 cm³/mol. The summed E-state index contributed by atoms with van der Waals surface area (Å²) < 4.78 is 5.15. The van der Waals surface area contributed by atoms with Crippen LogP contribution in [0.5, 0.6) is 5.75 Å². The summed E-state index contributed by atoms with van der Waals surface area (Å²) in [6.45, 7) is 1.88. The summed E-state index contributed by atoms with van der Waals surface area (Å²) in [5.74, 6) is 0.868. The van der Waals surface area contributed by atoms with Crippen LogP contribution in [0.3, 0.4) is 0 Å². The molecule has 0 bridgehead atoms. The minimum Gasteiger partial charge on any atom is -0.497 e. The number of hydrogen-bond acceptors (Lipinski definition) is 4. The van der Waals surface area contributed by atoms with E-state index in [4.69, 9.17) is 10.5 Å². The van der Waals surface area contributed by atoms with Gasteiger partial charge in [-0.15, -0.1) is 0 Å². The molecule has 2 rings (SSSR count). The van der Waals surface area contributed by atoms with Crippen LogP contribution < -0.4 is 10.5 Å². The second-order valence-corrected chi connectivity index (χ2v) is 4.92. The van der Waals surface area contributed by atoms with Gasteiger partial charge in [-0.1, -0.05) is 0 Å². The third-order valence-corrected chi connectivity index (χ3v) is 3.52. The fourth-order valence-electron chi connectivity index (χ4n) is 2.48. The van der Waals surface area contributed by atoms with Crippen molar-refractivity contribution in [2.75, 3.05) is 33.0 Å². The molecule has 2 N–H and O–H groups in total. The van der Waals surface area contributed by atoms with Crippen LogP contribution in [0, 0.1) is 5.92 Å². The largest absolute Gasteiger partial charge is 0.497 e. The van der Waals surface area contributed by atoms with Crippen LogP contribution in [0.2, 0.25) is 0 Å². The van der Waals surface area contributed by atoms with Gasteiger partial charge in [0.2, 0.25) is 0 Å². The molecule has 0 aromatic heterocycles. The number of nitrogen functional groups attached to an aromatic ring is 1. The summed E-state index contributed by atoms with van der Waals surface area (Å²) in [4.78, 5) is 14.7. The number of ether oxygens (including phenoxy) is 1. The quantitative estimate of drug-likeness (QED) is 0.654. The van der Waals surface area contributed by atoms with E-state index in [0.29, 0.717) is 17.0 Å². The van der Waals surface area contributed by atoms with Gasteiger partial charge in [-0.05, 0) is 44.6 Å². The molecule has 1 aromatic rings. The maximum Gasteiger partial charge on any atom is 0.169 e. The van der Waals surface area contributed by atoms with E-state index in [1.54, 1.807) is 25.3 Å². The molecule has 1 aromatic carbocycles. The first kappa shape index (κ1) is 12.9. The number of carbonyl (C=O) groups is 1. The number of rotatable bonds is 3. The number of piperidine rings is 1. The van der Waals surface area contributed by atoms with E-state index < -0.39 is 0 Å². The molecule has 4 nitrogen and oxygen atoms in total. The van der Waals surface area contributed by atoms with Crippen molar-refractivity contribution in [3.63, 3.8) is 0 Å². The summed E-state index contributed by atoms with van der Waals surface area (Å²) in [6, 6.07) is 5.25. The van der Waals surface area contributed by atoms with Crippen molar-refractivity contribution in [3.8, 4) is 5.75 Å². The van der Waals surface area contributed by atoms with Gasteiger partial charge in [0.1, 0.15) is 5.75 Å². The monoisotopic (exact) mass is 248 g/mol. The van der Waals surface area contributed by atoms with Crippen LogP contribution in [0.4, 0.5) is 5.69 Å². The van der Waals surface area contributed by atoms with E-state index in [2.05, 4.69) is 4.90 Å². The maximum atomic E-state index is 12.5. The number of anilines is 1. The highest BCUT2D eigenvalue weighted by atomic mass is 16.5. The number of benzene rings is 1. The van der Waals surface area contributed by atoms with Gasteiger partial charge in [0.05, 0.1) is 7.11 Å². The standard InChI is InChI=1S/C14H20N2O2/c1-16-7-3-4-10(9-16)14(17)12-8-11(18-2)5-6-13(12)15/h5-6,8,10H,3-4,7,9,15H2,1-2H3. The van der Waals surface area contributed by atoms with E-state index >= 15 is 0 Å². The van der Waals surface area contributed by atoms with Gasteiger partial charge in [0.15, 0.2) is 5.78 Å². The van der Waals surface area contributed by atoms with Crippen LogP contribution in [0.15, 0.2) is 18.2 Å². The molecule has 1 saturated heterocycles. The molecule has 0 saturated carbocycles.